The first kappa shape index (κ1) is 17.3. The molecule has 1 aromatic carbocycles. The molecule has 3 heteroatoms. The standard InChI is InChI=1S/C18H26O3/c1-4-6-9-15(5-2)14-21-18(19)13-12-16-10-7-8-11-17(16)20-3/h7-8,10-13,15H,4-6,9,14H2,1-3H3/b13-12+. The molecule has 3 nitrogen and oxygen atoms in total. The Bertz CT molecular complexity index is 452. The van der Waals surface area contributed by atoms with Gasteiger partial charge >= 0.3 is 5.97 Å². The molecular formula is C18H26O3. The molecule has 0 spiro atoms. The first-order valence-electron chi connectivity index (χ1n) is 7.69. The summed E-state index contributed by atoms with van der Waals surface area (Å²) < 4.78 is 10.6. The van der Waals surface area contributed by atoms with Crippen molar-refractivity contribution in [2.45, 2.75) is 39.5 Å². The molecule has 0 saturated carbocycles. The van der Waals surface area contributed by atoms with E-state index in [1.807, 2.05) is 24.3 Å². The van der Waals surface area contributed by atoms with E-state index in [2.05, 4.69) is 13.8 Å². The van der Waals surface area contributed by atoms with Crippen molar-refractivity contribution in [1.82, 2.24) is 0 Å². The second-order valence-electron chi connectivity index (χ2n) is 5.12. The lowest BCUT2D eigenvalue weighted by Gasteiger charge is -2.13. The molecule has 116 valence electrons. The fraction of sp³-hybridized carbons (Fsp3) is 0.500. The molecule has 0 saturated heterocycles. The van der Waals surface area contributed by atoms with Crippen LogP contribution in [0, 0.1) is 5.92 Å². The summed E-state index contributed by atoms with van der Waals surface area (Å²) in [7, 11) is 1.62. The first-order valence-corrected chi connectivity index (χ1v) is 7.69. The number of hydrogen-bond acceptors (Lipinski definition) is 3. The highest BCUT2D eigenvalue weighted by atomic mass is 16.5. The van der Waals surface area contributed by atoms with Gasteiger partial charge in [-0.2, -0.15) is 0 Å². The van der Waals surface area contributed by atoms with Gasteiger partial charge in [-0.05, 0) is 24.5 Å². The van der Waals surface area contributed by atoms with Crippen molar-refractivity contribution in [2.24, 2.45) is 5.92 Å². The lowest BCUT2D eigenvalue weighted by atomic mass is 10.0. The van der Waals surface area contributed by atoms with Crippen molar-refractivity contribution in [3.63, 3.8) is 0 Å². The number of carbonyl (C=O) groups is 1. The summed E-state index contributed by atoms with van der Waals surface area (Å²) in [5, 5.41) is 0. The minimum absolute atomic E-state index is 0.296. The molecule has 0 N–H and O–H groups in total. The van der Waals surface area contributed by atoms with E-state index >= 15 is 0 Å². The monoisotopic (exact) mass is 290 g/mol. The van der Waals surface area contributed by atoms with E-state index in [-0.39, 0.29) is 5.97 Å². The van der Waals surface area contributed by atoms with Gasteiger partial charge in [0, 0.05) is 11.6 Å². The highest BCUT2D eigenvalue weighted by molar-refractivity contribution is 5.87. The van der Waals surface area contributed by atoms with Crippen molar-refractivity contribution in [2.75, 3.05) is 13.7 Å². The minimum Gasteiger partial charge on any atom is -0.496 e. The number of unbranched alkanes of at least 4 members (excludes halogenated alkanes) is 1. The zero-order valence-electron chi connectivity index (χ0n) is 13.3. The predicted molar refractivity (Wildman–Crippen MR) is 86.3 cm³/mol. The summed E-state index contributed by atoms with van der Waals surface area (Å²) >= 11 is 0. The largest absolute Gasteiger partial charge is 0.496 e. The maximum atomic E-state index is 11.8. The molecule has 21 heavy (non-hydrogen) atoms. The van der Waals surface area contributed by atoms with Crippen LogP contribution >= 0.6 is 0 Å². The van der Waals surface area contributed by atoms with Crippen molar-refractivity contribution < 1.29 is 14.3 Å². The molecule has 0 aliphatic rings. The Morgan fingerprint density at radius 1 is 1.29 bits per heavy atom. The smallest absolute Gasteiger partial charge is 0.330 e. The van der Waals surface area contributed by atoms with Crippen molar-refractivity contribution in [1.29, 1.82) is 0 Å². The van der Waals surface area contributed by atoms with Crippen LogP contribution in [-0.2, 0) is 9.53 Å². The molecule has 1 unspecified atom stereocenters. The summed E-state index contributed by atoms with van der Waals surface area (Å²) in [5.74, 6) is 0.917. The van der Waals surface area contributed by atoms with Crippen LogP contribution < -0.4 is 4.74 Å². The number of ether oxygens (including phenoxy) is 2. The molecule has 1 atom stereocenters. The molecule has 0 radical (unpaired) electrons. The van der Waals surface area contributed by atoms with E-state index in [0.29, 0.717) is 12.5 Å². The van der Waals surface area contributed by atoms with Gasteiger partial charge in [0.1, 0.15) is 5.75 Å². The van der Waals surface area contributed by atoms with Gasteiger partial charge in [0.2, 0.25) is 0 Å². The molecule has 0 aliphatic heterocycles. The summed E-state index contributed by atoms with van der Waals surface area (Å²) in [6.45, 7) is 4.82. The van der Waals surface area contributed by atoms with Gasteiger partial charge in [0.15, 0.2) is 0 Å². The molecule has 0 fully saturated rings. The summed E-state index contributed by atoms with van der Waals surface area (Å²) in [5.41, 5.74) is 0.870. The summed E-state index contributed by atoms with van der Waals surface area (Å²) in [6, 6.07) is 7.57. The molecular weight excluding hydrogens is 264 g/mol. The van der Waals surface area contributed by atoms with Crippen LogP contribution in [0.2, 0.25) is 0 Å². The Morgan fingerprint density at radius 3 is 2.71 bits per heavy atom. The lowest BCUT2D eigenvalue weighted by molar-refractivity contribution is -0.139. The third-order valence-electron chi connectivity index (χ3n) is 3.54. The third kappa shape index (κ3) is 6.48. The maximum absolute atomic E-state index is 11.8. The second-order valence-corrected chi connectivity index (χ2v) is 5.12. The Balaban J connectivity index is 2.47. The normalized spacial score (nSPS) is 12.3. The van der Waals surface area contributed by atoms with Crippen LogP contribution in [0.1, 0.15) is 45.1 Å². The Kier molecular flexibility index (Phi) is 8.25. The van der Waals surface area contributed by atoms with Crippen molar-refractivity contribution >= 4 is 12.0 Å². The topological polar surface area (TPSA) is 35.5 Å². The van der Waals surface area contributed by atoms with Crippen LogP contribution in [0.3, 0.4) is 0 Å². The molecule has 0 bridgehead atoms. The van der Waals surface area contributed by atoms with Crippen LogP contribution in [0.25, 0.3) is 6.08 Å². The SMILES string of the molecule is CCCCC(CC)COC(=O)/C=C/c1ccccc1OC. The van der Waals surface area contributed by atoms with E-state index in [1.54, 1.807) is 13.2 Å². The van der Waals surface area contributed by atoms with Gasteiger partial charge in [0.25, 0.3) is 0 Å². The summed E-state index contributed by atoms with van der Waals surface area (Å²) in [6.07, 6.45) is 7.73. The fourth-order valence-electron chi connectivity index (χ4n) is 2.11. The number of hydrogen-bond donors (Lipinski definition) is 0. The maximum Gasteiger partial charge on any atom is 0.330 e. The molecule has 0 amide bonds. The zero-order chi connectivity index (χ0) is 15.5. The number of carbonyl (C=O) groups excluding carboxylic acids is 1. The van der Waals surface area contributed by atoms with Gasteiger partial charge in [-0.15, -0.1) is 0 Å². The molecule has 0 aliphatic carbocycles. The summed E-state index contributed by atoms with van der Waals surface area (Å²) in [4.78, 5) is 11.8. The van der Waals surface area contributed by atoms with E-state index in [9.17, 15) is 4.79 Å². The van der Waals surface area contributed by atoms with Crippen LogP contribution in [0.4, 0.5) is 0 Å². The average molecular weight is 290 g/mol. The van der Waals surface area contributed by atoms with Crippen LogP contribution in [0.5, 0.6) is 5.75 Å². The lowest BCUT2D eigenvalue weighted by Crippen LogP contribution is -2.12. The molecule has 1 rings (SSSR count). The van der Waals surface area contributed by atoms with E-state index in [0.717, 1.165) is 24.2 Å². The molecule has 1 aromatic rings. The van der Waals surface area contributed by atoms with Gasteiger partial charge in [-0.3, -0.25) is 0 Å². The van der Waals surface area contributed by atoms with E-state index < -0.39 is 0 Å². The number of benzene rings is 1. The Labute approximate surface area is 128 Å². The van der Waals surface area contributed by atoms with Crippen LogP contribution in [0.15, 0.2) is 30.3 Å². The van der Waals surface area contributed by atoms with Crippen molar-refractivity contribution in [3.8, 4) is 5.75 Å². The van der Waals surface area contributed by atoms with Gasteiger partial charge < -0.3 is 9.47 Å². The van der Waals surface area contributed by atoms with Crippen molar-refractivity contribution in [3.05, 3.63) is 35.9 Å². The molecule has 0 heterocycles. The zero-order valence-corrected chi connectivity index (χ0v) is 13.3. The van der Waals surface area contributed by atoms with E-state index in [4.69, 9.17) is 9.47 Å². The highest BCUT2D eigenvalue weighted by Crippen LogP contribution is 2.18. The van der Waals surface area contributed by atoms with Gasteiger partial charge in [0.05, 0.1) is 13.7 Å². The first-order chi connectivity index (χ1) is 10.2. The number of para-hydroxylation sites is 1. The number of rotatable bonds is 9. The average Bonchev–Trinajstić information content (AvgIpc) is 2.53. The Morgan fingerprint density at radius 2 is 2.05 bits per heavy atom. The fourth-order valence-corrected chi connectivity index (χ4v) is 2.11. The number of esters is 1. The quantitative estimate of drug-likeness (QED) is 0.497. The van der Waals surface area contributed by atoms with Gasteiger partial charge in [-0.1, -0.05) is 51.3 Å². The van der Waals surface area contributed by atoms with Crippen LogP contribution in [-0.4, -0.2) is 19.7 Å². The third-order valence-corrected chi connectivity index (χ3v) is 3.54. The number of methoxy groups -OCH3 is 1. The second kappa shape index (κ2) is 10.0. The Hall–Kier alpha value is -1.77. The molecule has 0 aromatic heterocycles. The predicted octanol–water partition coefficient (Wildman–Crippen LogP) is 4.47. The van der Waals surface area contributed by atoms with Gasteiger partial charge in [-0.25, -0.2) is 4.79 Å². The van der Waals surface area contributed by atoms with E-state index in [1.165, 1.54) is 18.9 Å². The highest BCUT2D eigenvalue weighted by Gasteiger charge is 2.08. The minimum atomic E-state index is -0.296.